The van der Waals surface area contributed by atoms with E-state index in [1.54, 1.807) is 7.05 Å². The third-order valence-electron chi connectivity index (χ3n) is 3.91. The zero-order valence-electron chi connectivity index (χ0n) is 9.53. The van der Waals surface area contributed by atoms with Crippen molar-refractivity contribution in [3.05, 3.63) is 0 Å². The van der Waals surface area contributed by atoms with Gasteiger partial charge in [0.25, 0.3) is 0 Å². The van der Waals surface area contributed by atoms with Gasteiger partial charge in [-0.15, -0.1) is 0 Å². The molecule has 2 rings (SSSR count). The summed E-state index contributed by atoms with van der Waals surface area (Å²) in [6.45, 7) is 0. The molecule has 2 fully saturated rings. The van der Waals surface area contributed by atoms with Crippen LogP contribution in [0.25, 0.3) is 0 Å². The average molecular weight is 212 g/mol. The second kappa shape index (κ2) is 4.39. The van der Waals surface area contributed by atoms with Crippen molar-refractivity contribution >= 4 is 6.03 Å². The molecule has 86 valence electrons. The minimum absolute atomic E-state index is 0.118. The van der Waals surface area contributed by atoms with E-state index < -0.39 is 0 Å². The molecule has 0 saturated heterocycles. The van der Waals surface area contributed by atoms with Gasteiger partial charge in [-0.1, -0.05) is 6.42 Å². The molecule has 0 heterocycles. The fourth-order valence-corrected chi connectivity index (χ4v) is 2.91. The Hall–Kier alpha value is -0.770. The number of amides is 2. The Balaban J connectivity index is 1.86. The topological polar surface area (TPSA) is 41.6 Å². The predicted octanol–water partition coefficient (Wildman–Crippen LogP) is 1.77. The predicted molar refractivity (Wildman–Crippen MR) is 57.2 cm³/mol. The lowest BCUT2D eigenvalue weighted by atomic mass is 9.85. The summed E-state index contributed by atoms with van der Waals surface area (Å²) in [5.74, 6) is 1.64. The van der Waals surface area contributed by atoms with Crippen molar-refractivity contribution < 1.29 is 9.63 Å². The van der Waals surface area contributed by atoms with Gasteiger partial charge >= 0.3 is 6.03 Å². The molecule has 0 aromatic heterocycles. The summed E-state index contributed by atoms with van der Waals surface area (Å²) in [4.78, 5) is 16.5. The van der Waals surface area contributed by atoms with Crippen LogP contribution in [0.1, 0.15) is 32.1 Å². The monoisotopic (exact) mass is 212 g/mol. The van der Waals surface area contributed by atoms with Gasteiger partial charge in [-0.25, -0.2) is 9.86 Å². The molecule has 3 unspecified atom stereocenters. The summed E-state index contributed by atoms with van der Waals surface area (Å²) in [6.07, 6.45) is 6.36. The quantitative estimate of drug-likeness (QED) is 0.709. The van der Waals surface area contributed by atoms with E-state index in [4.69, 9.17) is 4.84 Å². The molecule has 0 aromatic rings. The van der Waals surface area contributed by atoms with Crippen molar-refractivity contribution in [1.29, 1.82) is 0 Å². The van der Waals surface area contributed by atoms with Crippen LogP contribution in [0.15, 0.2) is 0 Å². The Morgan fingerprint density at radius 1 is 1.33 bits per heavy atom. The van der Waals surface area contributed by atoms with Crippen LogP contribution in [0.2, 0.25) is 0 Å². The minimum atomic E-state index is -0.118. The molecule has 2 aliphatic carbocycles. The van der Waals surface area contributed by atoms with Gasteiger partial charge in [-0.2, -0.15) is 0 Å². The van der Waals surface area contributed by atoms with Gasteiger partial charge in [0.15, 0.2) is 0 Å². The first-order valence-corrected chi connectivity index (χ1v) is 5.79. The van der Waals surface area contributed by atoms with Gasteiger partial charge in [0.05, 0.1) is 7.11 Å². The van der Waals surface area contributed by atoms with Gasteiger partial charge in [0.1, 0.15) is 0 Å². The lowest BCUT2D eigenvalue weighted by Gasteiger charge is -2.30. The molecule has 4 nitrogen and oxygen atoms in total. The SMILES string of the molecule is CON(C)C(=O)NC1CCC2CCC1C2. The van der Waals surface area contributed by atoms with Crippen LogP contribution in [0.4, 0.5) is 4.79 Å². The summed E-state index contributed by atoms with van der Waals surface area (Å²) in [5, 5.41) is 4.31. The van der Waals surface area contributed by atoms with Gasteiger partial charge in [-0.05, 0) is 37.5 Å². The number of carbonyl (C=O) groups excluding carboxylic acids is 1. The summed E-state index contributed by atoms with van der Waals surface area (Å²) in [5.41, 5.74) is 0. The minimum Gasteiger partial charge on any atom is -0.333 e. The number of urea groups is 1. The molecule has 2 saturated carbocycles. The Morgan fingerprint density at radius 3 is 2.80 bits per heavy atom. The normalized spacial score (nSPS) is 33.9. The molecule has 3 atom stereocenters. The largest absolute Gasteiger partial charge is 0.341 e. The fraction of sp³-hybridized carbons (Fsp3) is 0.909. The molecular weight excluding hydrogens is 192 g/mol. The van der Waals surface area contributed by atoms with Crippen LogP contribution in [0.3, 0.4) is 0 Å². The lowest BCUT2D eigenvalue weighted by molar-refractivity contribution is -0.0663. The van der Waals surface area contributed by atoms with Crippen LogP contribution < -0.4 is 5.32 Å². The van der Waals surface area contributed by atoms with Crippen molar-refractivity contribution in [3.63, 3.8) is 0 Å². The standard InChI is InChI=1S/C11H20N2O2/c1-13(15-2)11(14)12-10-6-4-8-3-5-9(10)7-8/h8-10H,3-7H2,1-2H3,(H,12,14). The second-order valence-corrected chi connectivity index (χ2v) is 4.75. The number of hydrogen-bond donors (Lipinski definition) is 1. The van der Waals surface area contributed by atoms with E-state index in [1.165, 1.54) is 37.9 Å². The number of hydrogen-bond acceptors (Lipinski definition) is 2. The van der Waals surface area contributed by atoms with E-state index in [-0.39, 0.29) is 6.03 Å². The maximum Gasteiger partial charge on any atom is 0.341 e. The van der Waals surface area contributed by atoms with Crippen molar-refractivity contribution in [2.24, 2.45) is 11.8 Å². The maximum atomic E-state index is 11.6. The van der Waals surface area contributed by atoms with Gasteiger partial charge < -0.3 is 5.32 Å². The molecule has 0 aliphatic heterocycles. The molecule has 2 aliphatic rings. The Kier molecular flexibility index (Phi) is 3.14. The van der Waals surface area contributed by atoms with Crippen LogP contribution >= 0.6 is 0 Å². The fourth-order valence-electron chi connectivity index (χ4n) is 2.91. The third kappa shape index (κ3) is 2.25. The Labute approximate surface area is 90.9 Å². The first-order chi connectivity index (χ1) is 7.20. The Morgan fingerprint density at radius 2 is 2.07 bits per heavy atom. The molecule has 0 aromatic carbocycles. The summed E-state index contributed by atoms with van der Waals surface area (Å²) in [7, 11) is 3.14. The number of nitrogens with zero attached hydrogens (tertiary/aromatic N) is 1. The Bertz CT molecular complexity index is 245. The summed E-state index contributed by atoms with van der Waals surface area (Å²) >= 11 is 0. The lowest BCUT2D eigenvalue weighted by Crippen LogP contribution is -2.46. The molecule has 0 spiro atoms. The van der Waals surface area contributed by atoms with Crippen molar-refractivity contribution in [2.45, 2.75) is 38.1 Å². The van der Waals surface area contributed by atoms with Crippen LogP contribution in [-0.4, -0.2) is 31.3 Å². The highest BCUT2D eigenvalue weighted by molar-refractivity contribution is 5.73. The maximum absolute atomic E-state index is 11.6. The van der Waals surface area contributed by atoms with Crippen molar-refractivity contribution in [1.82, 2.24) is 10.4 Å². The zero-order chi connectivity index (χ0) is 10.8. The zero-order valence-corrected chi connectivity index (χ0v) is 9.53. The first-order valence-electron chi connectivity index (χ1n) is 5.79. The van der Waals surface area contributed by atoms with E-state index in [9.17, 15) is 4.79 Å². The molecule has 0 radical (unpaired) electrons. The number of hydroxylamine groups is 2. The van der Waals surface area contributed by atoms with Gasteiger partial charge in [0.2, 0.25) is 0 Å². The van der Waals surface area contributed by atoms with Gasteiger partial charge in [-0.3, -0.25) is 4.84 Å². The summed E-state index contributed by atoms with van der Waals surface area (Å²) in [6, 6.07) is 0.252. The highest BCUT2D eigenvalue weighted by Gasteiger charge is 2.36. The van der Waals surface area contributed by atoms with E-state index in [0.717, 1.165) is 12.3 Å². The summed E-state index contributed by atoms with van der Waals surface area (Å²) < 4.78 is 0. The average Bonchev–Trinajstić information content (AvgIpc) is 2.64. The molecule has 15 heavy (non-hydrogen) atoms. The first kappa shape index (κ1) is 10.7. The van der Waals surface area contributed by atoms with Crippen LogP contribution in [0.5, 0.6) is 0 Å². The molecule has 2 amide bonds. The third-order valence-corrected chi connectivity index (χ3v) is 3.91. The molecule has 4 heteroatoms. The number of fused-ring (bicyclic) bond motifs is 2. The number of rotatable bonds is 2. The number of carbonyl (C=O) groups is 1. The van der Waals surface area contributed by atoms with E-state index in [0.29, 0.717) is 12.0 Å². The van der Waals surface area contributed by atoms with Crippen molar-refractivity contribution in [3.8, 4) is 0 Å². The second-order valence-electron chi connectivity index (χ2n) is 4.75. The smallest absolute Gasteiger partial charge is 0.333 e. The highest BCUT2D eigenvalue weighted by Crippen LogP contribution is 2.41. The van der Waals surface area contributed by atoms with Crippen LogP contribution in [-0.2, 0) is 4.84 Å². The van der Waals surface area contributed by atoms with Crippen LogP contribution in [0, 0.1) is 11.8 Å². The number of nitrogens with one attached hydrogen (secondary N) is 1. The van der Waals surface area contributed by atoms with E-state index in [1.807, 2.05) is 0 Å². The van der Waals surface area contributed by atoms with Gasteiger partial charge in [0, 0.05) is 13.1 Å². The van der Waals surface area contributed by atoms with E-state index >= 15 is 0 Å². The highest BCUT2D eigenvalue weighted by atomic mass is 16.7. The molecule has 2 bridgehead atoms. The van der Waals surface area contributed by atoms with Crippen molar-refractivity contribution in [2.75, 3.05) is 14.2 Å². The molecule has 1 N–H and O–H groups in total. The molecular formula is C11H20N2O2. The van der Waals surface area contributed by atoms with E-state index in [2.05, 4.69) is 5.32 Å².